The molecule has 1 atom stereocenters. The molecule has 33 heavy (non-hydrogen) atoms. The van der Waals surface area contributed by atoms with Crippen molar-refractivity contribution in [2.75, 3.05) is 6.61 Å². The number of ether oxygens (including phenoxy) is 1. The Morgan fingerprint density at radius 2 is 1.82 bits per heavy atom. The molecule has 0 fully saturated rings. The van der Waals surface area contributed by atoms with E-state index >= 15 is 0 Å². The van der Waals surface area contributed by atoms with Crippen LogP contribution >= 0.6 is 0 Å². The molecule has 2 heterocycles. The van der Waals surface area contributed by atoms with Crippen LogP contribution in [0.15, 0.2) is 60.7 Å². The van der Waals surface area contributed by atoms with Crippen molar-refractivity contribution < 1.29 is 18.3 Å². The van der Waals surface area contributed by atoms with Crippen LogP contribution < -0.4 is 10.1 Å². The number of aromatic nitrogens is 3. The van der Waals surface area contributed by atoms with Crippen molar-refractivity contribution in [1.82, 2.24) is 20.1 Å². The van der Waals surface area contributed by atoms with Crippen LogP contribution in [0.3, 0.4) is 0 Å². The zero-order valence-electron chi connectivity index (χ0n) is 18.5. The Balaban J connectivity index is 1.55. The molecule has 1 amide bonds. The number of nitrogens with one attached hydrogen (secondary N) is 1. The second-order valence-corrected chi connectivity index (χ2v) is 7.88. The second kappa shape index (κ2) is 9.36. The quantitative estimate of drug-likeness (QED) is 0.423. The van der Waals surface area contributed by atoms with E-state index in [1.807, 2.05) is 56.3 Å². The minimum Gasteiger partial charge on any atom is -0.467 e. The van der Waals surface area contributed by atoms with Crippen molar-refractivity contribution in [2.24, 2.45) is 7.05 Å². The molecule has 170 valence electrons. The van der Waals surface area contributed by atoms with Gasteiger partial charge in [-0.15, -0.1) is 0 Å². The zero-order valence-corrected chi connectivity index (χ0v) is 18.5. The summed E-state index contributed by atoms with van der Waals surface area (Å²) in [4.78, 5) is 16.7. The summed E-state index contributed by atoms with van der Waals surface area (Å²) in [5.74, 6) is -0.433. The van der Waals surface area contributed by atoms with Crippen LogP contribution in [0.4, 0.5) is 8.78 Å². The maximum Gasteiger partial charge on any atom is 0.264 e. The van der Waals surface area contributed by atoms with E-state index in [0.717, 1.165) is 11.1 Å². The zero-order chi connectivity index (χ0) is 23.5. The number of carbonyl (C=O) groups excluding carboxylic acids is 1. The lowest BCUT2D eigenvalue weighted by atomic mass is 10.1. The number of alkyl halides is 2. The molecule has 0 bridgehead atoms. The molecule has 8 heteroatoms. The first-order valence-electron chi connectivity index (χ1n) is 10.5. The van der Waals surface area contributed by atoms with Gasteiger partial charge in [0.25, 0.3) is 12.3 Å². The molecule has 0 saturated carbocycles. The molecule has 0 radical (unpaired) electrons. The van der Waals surface area contributed by atoms with Gasteiger partial charge in [0.1, 0.15) is 5.69 Å². The lowest BCUT2D eigenvalue weighted by Crippen LogP contribution is -2.31. The SMILES string of the molecule is Cc1ccc(C(C)NC(=O)COc2cc(C(F)F)c3c(-c4ccccc4)nn(C)c3n2)cc1. The highest BCUT2D eigenvalue weighted by atomic mass is 19.3. The molecule has 0 aliphatic heterocycles. The third-order valence-corrected chi connectivity index (χ3v) is 5.39. The maximum absolute atomic E-state index is 14.0. The summed E-state index contributed by atoms with van der Waals surface area (Å²) in [6.07, 6.45) is -2.76. The van der Waals surface area contributed by atoms with Crippen LogP contribution in [0.25, 0.3) is 22.3 Å². The first kappa shape index (κ1) is 22.4. The Bertz CT molecular complexity index is 1270. The van der Waals surface area contributed by atoms with Gasteiger partial charge >= 0.3 is 0 Å². The molecule has 0 aliphatic rings. The topological polar surface area (TPSA) is 69.0 Å². The number of fused-ring (bicyclic) bond motifs is 1. The molecular formula is C25H24F2N4O2. The Kier molecular flexibility index (Phi) is 6.35. The van der Waals surface area contributed by atoms with Crippen molar-refractivity contribution in [2.45, 2.75) is 26.3 Å². The summed E-state index contributed by atoms with van der Waals surface area (Å²) in [5, 5.41) is 7.51. The van der Waals surface area contributed by atoms with Crippen LogP contribution in [0.5, 0.6) is 5.88 Å². The fraction of sp³-hybridized carbons (Fsp3) is 0.240. The monoisotopic (exact) mass is 450 g/mol. The minimum absolute atomic E-state index is 0.0569. The number of halogens is 2. The van der Waals surface area contributed by atoms with Crippen LogP contribution in [0.2, 0.25) is 0 Å². The van der Waals surface area contributed by atoms with E-state index in [1.165, 1.54) is 10.7 Å². The number of amides is 1. The molecule has 0 saturated heterocycles. The number of aryl methyl sites for hydroxylation is 2. The molecule has 1 unspecified atom stereocenters. The van der Waals surface area contributed by atoms with Crippen molar-refractivity contribution in [3.8, 4) is 17.1 Å². The number of hydrogen-bond acceptors (Lipinski definition) is 4. The van der Waals surface area contributed by atoms with E-state index in [0.29, 0.717) is 11.3 Å². The third kappa shape index (κ3) is 4.84. The van der Waals surface area contributed by atoms with E-state index in [9.17, 15) is 13.6 Å². The highest BCUT2D eigenvalue weighted by Gasteiger charge is 2.23. The Morgan fingerprint density at radius 3 is 2.48 bits per heavy atom. The van der Waals surface area contributed by atoms with Gasteiger partial charge in [0.05, 0.1) is 11.4 Å². The van der Waals surface area contributed by atoms with Crippen LogP contribution in [0.1, 0.15) is 36.1 Å². The van der Waals surface area contributed by atoms with Crippen LogP contribution in [-0.4, -0.2) is 27.3 Å². The summed E-state index contributed by atoms with van der Waals surface area (Å²) >= 11 is 0. The Hall–Kier alpha value is -3.81. The summed E-state index contributed by atoms with van der Waals surface area (Å²) < 4.78 is 34.9. The molecule has 2 aromatic carbocycles. The van der Waals surface area contributed by atoms with E-state index in [4.69, 9.17) is 4.74 Å². The molecule has 0 aliphatic carbocycles. The van der Waals surface area contributed by atoms with Gasteiger partial charge in [0, 0.05) is 24.2 Å². The number of carbonyl (C=O) groups is 1. The molecular weight excluding hydrogens is 426 g/mol. The van der Waals surface area contributed by atoms with Gasteiger partial charge in [-0.1, -0.05) is 60.2 Å². The lowest BCUT2D eigenvalue weighted by Gasteiger charge is -2.15. The third-order valence-electron chi connectivity index (χ3n) is 5.39. The van der Waals surface area contributed by atoms with Crippen LogP contribution in [-0.2, 0) is 11.8 Å². The first-order chi connectivity index (χ1) is 15.8. The number of rotatable bonds is 7. The molecule has 4 rings (SSSR count). The van der Waals surface area contributed by atoms with Gasteiger partial charge in [-0.2, -0.15) is 10.1 Å². The smallest absolute Gasteiger partial charge is 0.264 e. The van der Waals surface area contributed by atoms with Crippen LogP contribution in [0, 0.1) is 6.92 Å². The summed E-state index contributed by atoms with van der Waals surface area (Å²) in [7, 11) is 1.64. The predicted octanol–water partition coefficient (Wildman–Crippen LogP) is 5.14. The largest absolute Gasteiger partial charge is 0.467 e. The standard InChI is InChI=1S/C25H24F2N4O2/c1-15-9-11-17(12-10-15)16(2)28-20(32)14-33-21-13-19(24(26)27)22-23(18-7-5-4-6-8-18)30-31(3)25(22)29-21/h4-13,16,24H,14H2,1-3H3,(H,28,32). The average molecular weight is 450 g/mol. The number of nitrogens with zero attached hydrogens (tertiary/aromatic N) is 3. The minimum atomic E-state index is -2.76. The van der Waals surface area contributed by atoms with E-state index in [-0.39, 0.29) is 41.0 Å². The number of benzene rings is 2. The van der Waals surface area contributed by atoms with Crippen molar-refractivity contribution >= 4 is 16.9 Å². The summed E-state index contributed by atoms with van der Waals surface area (Å²) in [6, 6.07) is 17.9. The summed E-state index contributed by atoms with van der Waals surface area (Å²) in [6.45, 7) is 3.51. The van der Waals surface area contributed by atoms with Gasteiger partial charge in [0.15, 0.2) is 12.3 Å². The van der Waals surface area contributed by atoms with Gasteiger partial charge in [0.2, 0.25) is 5.88 Å². The number of hydrogen-bond donors (Lipinski definition) is 1. The highest BCUT2D eigenvalue weighted by molar-refractivity contribution is 5.94. The summed E-state index contributed by atoms with van der Waals surface area (Å²) in [5.41, 5.74) is 3.24. The highest BCUT2D eigenvalue weighted by Crippen LogP contribution is 2.36. The average Bonchev–Trinajstić information content (AvgIpc) is 3.14. The van der Waals surface area contributed by atoms with Crippen molar-refractivity contribution in [1.29, 1.82) is 0 Å². The van der Waals surface area contributed by atoms with Gasteiger partial charge < -0.3 is 10.1 Å². The Morgan fingerprint density at radius 1 is 1.12 bits per heavy atom. The molecule has 2 aromatic heterocycles. The second-order valence-electron chi connectivity index (χ2n) is 7.88. The molecule has 6 nitrogen and oxygen atoms in total. The fourth-order valence-electron chi connectivity index (χ4n) is 3.66. The Labute approximate surface area is 190 Å². The first-order valence-corrected chi connectivity index (χ1v) is 10.5. The van der Waals surface area contributed by atoms with Gasteiger partial charge in [-0.05, 0) is 19.4 Å². The van der Waals surface area contributed by atoms with E-state index in [1.54, 1.807) is 19.2 Å². The molecule has 0 spiro atoms. The molecule has 1 N–H and O–H groups in total. The predicted molar refractivity (Wildman–Crippen MR) is 122 cm³/mol. The molecule has 4 aromatic rings. The van der Waals surface area contributed by atoms with Gasteiger partial charge in [-0.25, -0.2) is 13.5 Å². The van der Waals surface area contributed by atoms with Crippen molar-refractivity contribution in [3.63, 3.8) is 0 Å². The maximum atomic E-state index is 14.0. The van der Waals surface area contributed by atoms with E-state index in [2.05, 4.69) is 15.4 Å². The normalized spacial score (nSPS) is 12.2. The van der Waals surface area contributed by atoms with E-state index < -0.39 is 6.43 Å². The fourth-order valence-corrected chi connectivity index (χ4v) is 3.66. The van der Waals surface area contributed by atoms with Gasteiger partial charge in [-0.3, -0.25) is 4.79 Å². The lowest BCUT2D eigenvalue weighted by molar-refractivity contribution is -0.123. The van der Waals surface area contributed by atoms with Crippen molar-refractivity contribution in [3.05, 3.63) is 77.4 Å². The number of pyridine rings is 1.